The van der Waals surface area contributed by atoms with Gasteiger partial charge in [0.25, 0.3) is 5.56 Å². The largest absolute Gasteiger partial charge is 0.496 e. The zero-order valence-electron chi connectivity index (χ0n) is 11.8. The smallest absolute Gasteiger partial charge is 0.268 e. The van der Waals surface area contributed by atoms with Gasteiger partial charge >= 0.3 is 0 Å². The maximum atomic E-state index is 12.2. The highest BCUT2D eigenvalue weighted by Crippen LogP contribution is 2.30. The number of hydrogen-bond acceptors (Lipinski definition) is 3. The molecule has 0 saturated carbocycles. The molecule has 0 aliphatic heterocycles. The standard InChI is InChI=1S/C16H16N2O2/c1-4-18-14(7-6-12(10-17)16(18)19)13-9-11(2)5-8-15(13)20-3/h5-9H,4H2,1-3H3. The molecular formula is C16H16N2O2. The van der Waals surface area contributed by atoms with Gasteiger partial charge in [0.2, 0.25) is 0 Å². The fraction of sp³-hybridized carbons (Fsp3) is 0.250. The van der Waals surface area contributed by atoms with Gasteiger partial charge in [-0.15, -0.1) is 0 Å². The Labute approximate surface area is 117 Å². The van der Waals surface area contributed by atoms with E-state index in [1.807, 2.05) is 38.1 Å². The lowest BCUT2D eigenvalue weighted by molar-refractivity contribution is 0.416. The third-order valence-corrected chi connectivity index (χ3v) is 3.24. The highest BCUT2D eigenvalue weighted by Gasteiger charge is 2.13. The van der Waals surface area contributed by atoms with Gasteiger partial charge in [0.1, 0.15) is 17.4 Å². The second-order valence-corrected chi connectivity index (χ2v) is 4.50. The third-order valence-electron chi connectivity index (χ3n) is 3.24. The Hall–Kier alpha value is -2.54. The second-order valence-electron chi connectivity index (χ2n) is 4.50. The Morgan fingerprint density at radius 1 is 1.30 bits per heavy atom. The lowest BCUT2D eigenvalue weighted by Crippen LogP contribution is -2.23. The minimum atomic E-state index is -0.268. The molecule has 4 nitrogen and oxygen atoms in total. The Morgan fingerprint density at radius 3 is 2.65 bits per heavy atom. The molecule has 0 radical (unpaired) electrons. The third kappa shape index (κ3) is 2.30. The molecule has 0 saturated heterocycles. The summed E-state index contributed by atoms with van der Waals surface area (Å²) in [4.78, 5) is 12.2. The number of rotatable bonds is 3. The fourth-order valence-electron chi connectivity index (χ4n) is 2.23. The molecule has 0 amide bonds. The summed E-state index contributed by atoms with van der Waals surface area (Å²) in [6.45, 7) is 4.37. The van der Waals surface area contributed by atoms with Crippen LogP contribution in [0.3, 0.4) is 0 Å². The highest BCUT2D eigenvalue weighted by atomic mass is 16.5. The van der Waals surface area contributed by atoms with E-state index >= 15 is 0 Å². The molecular weight excluding hydrogens is 252 g/mol. The maximum Gasteiger partial charge on any atom is 0.268 e. The number of nitriles is 1. The van der Waals surface area contributed by atoms with Crippen molar-refractivity contribution in [1.82, 2.24) is 4.57 Å². The molecule has 0 bridgehead atoms. The first-order valence-electron chi connectivity index (χ1n) is 6.41. The van der Waals surface area contributed by atoms with Crippen LogP contribution in [0.1, 0.15) is 18.1 Å². The fourth-order valence-corrected chi connectivity index (χ4v) is 2.23. The van der Waals surface area contributed by atoms with Gasteiger partial charge in [0, 0.05) is 12.1 Å². The van der Waals surface area contributed by atoms with Crippen molar-refractivity contribution < 1.29 is 4.74 Å². The quantitative estimate of drug-likeness (QED) is 0.860. The van der Waals surface area contributed by atoms with Crippen LogP contribution in [0.15, 0.2) is 35.1 Å². The molecule has 0 aliphatic carbocycles. The van der Waals surface area contributed by atoms with Gasteiger partial charge in [-0.2, -0.15) is 5.26 Å². The molecule has 0 atom stereocenters. The Kier molecular flexibility index (Phi) is 3.90. The normalized spacial score (nSPS) is 10.1. The van der Waals surface area contributed by atoms with E-state index < -0.39 is 0 Å². The molecule has 0 unspecified atom stereocenters. The zero-order chi connectivity index (χ0) is 14.7. The lowest BCUT2D eigenvalue weighted by Gasteiger charge is -2.15. The van der Waals surface area contributed by atoms with Crippen LogP contribution < -0.4 is 10.3 Å². The van der Waals surface area contributed by atoms with Crippen LogP contribution in [-0.4, -0.2) is 11.7 Å². The topological polar surface area (TPSA) is 55.0 Å². The Balaban J connectivity index is 2.77. The average Bonchev–Trinajstić information content (AvgIpc) is 2.46. The summed E-state index contributed by atoms with van der Waals surface area (Å²) in [7, 11) is 1.60. The summed E-state index contributed by atoms with van der Waals surface area (Å²) in [6, 6.07) is 11.1. The van der Waals surface area contributed by atoms with E-state index in [9.17, 15) is 4.79 Å². The first-order valence-corrected chi connectivity index (χ1v) is 6.41. The summed E-state index contributed by atoms with van der Waals surface area (Å²) in [5, 5.41) is 8.96. The van der Waals surface area contributed by atoms with Crippen molar-refractivity contribution >= 4 is 0 Å². The van der Waals surface area contributed by atoms with E-state index in [0.29, 0.717) is 12.3 Å². The van der Waals surface area contributed by atoms with Crippen LogP contribution in [0.2, 0.25) is 0 Å². The number of nitrogens with zero attached hydrogens (tertiary/aromatic N) is 2. The predicted octanol–water partition coefficient (Wildman–Crippen LogP) is 2.72. The van der Waals surface area contributed by atoms with Gasteiger partial charge in [-0.25, -0.2) is 0 Å². The molecule has 2 aromatic rings. The molecule has 20 heavy (non-hydrogen) atoms. The van der Waals surface area contributed by atoms with Crippen molar-refractivity contribution in [3.05, 3.63) is 51.8 Å². The van der Waals surface area contributed by atoms with Crippen molar-refractivity contribution in [2.75, 3.05) is 7.11 Å². The van der Waals surface area contributed by atoms with E-state index in [4.69, 9.17) is 10.00 Å². The van der Waals surface area contributed by atoms with Crippen LogP contribution in [0, 0.1) is 18.3 Å². The summed E-state index contributed by atoms with van der Waals surface area (Å²) in [6.07, 6.45) is 0. The van der Waals surface area contributed by atoms with E-state index in [1.165, 1.54) is 0 Å². The van der Waals surface area contributed by atoms with Crippen LogP contribution in [0.5, 0.6) is 5.75 Å². The number of aromatic nitrogens is 1. The summed E-state index contributed by atoms with van der Waals surface area (Å²) >= 11 is 0. The number of methoxy groups -OCH3 is 1. The first-order chi connectivity index (χ1) is 9.62. The first kappa shape index (κ1) is 13.9. The number of pyridine rings is 1. The molecule has 1 aromatic carbocycles. The molecule has 0 fully saturated rings. The molecule has 1 heterocycles. The average molecular weight is 268 g/mol. The molecule has 2 rings (SSSR count). The molecule has 0 N–H and O–H groups in total. The van der Waals surface area contributed by atoms with E-state index in [0.717, 1.165) is 16.8 Å². The number of aryl methyl sites for hydroxylation is 1. The minimum absolute atomic E-state index is 0.155. The lowest BCUT2D eigenvalue weighted by atomic mass is 10.1. The summed E-state index contributed by atoms with van der Waals surface area (Å²) < 4.78 is 6.96. The molecule has 0 aliphatic rings. The van der Waals surface area contributed by atoms with E-state index in [2.05, 4.69) is 0 Å². The second kappa shape index (κ2) is 5.62. The number of benzene rings is 1. The minimum Gasteiger partial charge on any atom is -0.496 e. The molecule has 102 valence electrons. The van der Waals surface area contributed by atoms with Crippen LogP contribution in [-0.2, 0) is 6.54 Å². The van der Waals surface area contributed by atoms with Crippen LogP contribution >= 0.6 is 0 Å². The van der Waals surface area contributed by atoms with Crippen molar-refractivity contribution in [2.24, 2.45) is 0 Å². The van der Waals surface area contributed by atoms with E-state index in [-0.39, 0.29) is 11.1 Å². The van der Waals surface area contributed by atoms with Crippen molar-refractivity contribution in [1.29, 1.82) is 5.26 Å². The van der Waals surface area contributed by atoms with Gasteiger partial charge in [0.05, 0.1) is 12.8 Å². The molecule has 1 aromatic heterocycles. The van der Waals surface area contributed by atoms with Gasteiger partial charge in [-0.3, -0.25) is 4.79 Å². The van der Waals surface area contributed by atoms with Crippen molar-refractivity contribution in [3.8, 4) is 23.1 Å². The monoisotopic (exact) mass is 268 g/mol. The molecule has 4 heteroatoms. The van der Waals surface area contributed by atoms with Crippen LogP contribution in [0.25, 0.3) is 11.3 Å². The Morgan fingerprint density at radius 2 is 2.05 bits per heavy atom. The van der Waals surface area contributed by atoms with E-state index in [1.54, 1.807) is 23.8 Å². The summed E-state index contributed by atoms with van der Waals surface area (Å²) in [5.41, 5.74) is 2.59. The van der Waals surface area contributed by atoms with Gasteiger partial charge in [-0.1, -0.05) is 11.6 Å². The predicted molar refractivity (Wildman–Crippen MR) is 77.8 cm³/mol. The highest BCUT2D eigenvalue weighted by molar-refractivity contribution is 5.69. The number of hydrogen-bond donors (Lipinski definition) is 0. The number of ether oxygens (including phenoxy) is 1. The summed E-state index contributed by atoms with van der Waals surface area (Å²) in [5.74, 6) is 0.710. The molecule has 0 spiro atoms. The zero-order valence-corrected chi connectivity index (χ0v) is 11.8. The van der Waals surface area contributed by atoms with Gasteiger partial charge in [0.15, 0.2) is 0 Å². The van der Waals surface area contributed by atoms with Gasteiger partial charge < -0.3 is 9.30 Å². The van der Waals surface area contributed by atoms with Gasteiger partial charge in [-0.05, 0) is 38.1 Å². The van der Waals surface area contributed by atoms with Crippen molar-refractivity contribution in [2.45, 2.75) is 20.4 Å². The van der Waals surface area contributed by atoms with Crippen LogP contribution in [0.4, 0.5) is 0 Å². The van der Waals surface area contributed by atoms with Crippen molar-refractivity contribution in [3.63, 3.8) is 0 Å². The SMILES string of the molecule is CCn1c(-c2cc(C)ccc2OC)ccc(C#N)c1=O. The Bertz CT molecular complexity index is 739. The maximum absolute atomic E-state index is 12.2.